The van der Waals surface area contributed by atoms with E-state index >= 15 is 0 Å². The van der Waals surface area contributed by atoms with Gasteiger partial charge in [-0.25, -0.2) is 4.57 Å². The molecule has 76 valence electrons. The fraction of sp³-hybridized carbons (Fsp3) is 0.455. The molecule has 0 aliphatic carbocycles. The molecule has 0 spiro atoms. The van der Waals surface area contributed by atoms with E-state index in [2.05, 4.69) is 24.3 Å². The van der Waals surface area contributed by atoms with Crippen molar-refractivity contribution in [2.45, 2.75) is 25.7 Å². The average molecular weight is 210 g/mol. The predicted octanol–water partition coefficient (Wildman–Crippen LogP) is 3.62. The van der Waals surface area contributed by atoms with Gasteiger partial charge in [-0.15, -0.1) is 0 Å². The molecular formula is C11H15O2P. The number of unbranched alkanes of at least 4 members (excludes halogenated alkanes) is 2. The van der Waals surface area contributed by atoms with E-state index in [0.29, 0.717) is 6.61 Å². The molecule has 2 nitrogen and oxygen atoms in total. The van der Waals surface area contributed by atoms with Crippen LogP contribution in [-0.2, 0) is 15.5 Å². The second-order valence-corrected chi connectivity index (χ2v) is 3.61. The summed E-state index contributed by atoms with van der Waals surface area (Å²) < 4.78 is 14.6. The molecule has 0 radical (unpaired) electrons. The first-order chi connectivity index (χ1) is 6.93. The Morgan fingerprint density at radius 1 is 1.07 bits per heavy atom. The highest BCUT2D eigenvalue weighted by Crippen LogP contribution is 2.07. The second kappa shape index (κ2) is 7.66. The molecule has 1 aromatic rings. The molecule has 3 heteroatoms. The molecule has 0 aromatic heterocycles. The number of benzene rings is 1. The van der Waals surface area contributed by atoms with Crippen molar-refractivity contribution >= 4 is 8.69 Å². The lowest BCUT2D eigenvalue weighted by Gasteiger charge is -2.00. The zero-order valence-corrected chi connectivity index (χ0v) is 9.08. The third kappa shape index (κ3) is 5.11. The standard InChI is InChI=1S/C11H15O2P/c12-14-13-10-6-2-5-9-11-7-3-1-4-8-11/h1,3-4,7-8H,2,5-6,9-10H2. The summed E-state index contributed by atoms with van der Waals surface area (Å²) in [6.07, 6.45) is 4.41. The van der Waals surface area contributed by atoms with Crippen LogP contribution in [0.4, 0.5) is 0 Å². The van der Waals surface area contributed by atoms with Crippen molar-refractivity contribution in [1.29, 1.82) is 0 Å². The van der Waals surface area contributed by atoms with Crippen molar-refractivity contribution < 1.29 is 9.09 Å². The van der Waals surface area contributed by atoms with E-state index < -0.39 is 0 Å². The minimum atomic E-state index is -0.201. The van der Waals surface area contributed by atoms with Gasteiger partial charge in [-0.1, -0.05) is 36.8 Å². The van der Waals surface area contributed by atoms with E-state index in [-0.39, 0.29) is 8.69 Å². The summed E-state index contributed by atoms with van der Waals surface area (Å²) in [5.41, 5.74) is 1.38. The Bertz CT molecular complexity index is 249. The Morgan fingerprint density at radius 2 is 1.86 bits per heavy atom. The molecule has 0 unspecified atom stereocenters. The average Bonchev–Trinajstić information content (AvgIpc) is 2.25. The molecule has 1 rings (SSSR count). The second-order valence-electron chi connectivity index (χ2n) is 3.20. The van der Waals surface area contributed by atoms with Gasteiger partial charge in [0.25, 0.3) is 0 Å². The Labute approximate surface area is 86.6 Å². The van der Waals surface area contributed by atoms with Crippen molar-refractivity contribution in [3.05, 3.63) is 35.9 Å². The highest BCUT2D eigenvalue weighted by Gasteiger charge is 1.92. The summed E-state index contributed by atoms with van der Waals surface area (Å²) in [7, 11) is -0.201. The topological polar surface area (TPSA) is 26.3 Å². The van der Waals surface area contributed by atoms with E-state index in [9.17, 15) is 4.57 Å². The fourth-order valence-corrected chi connectivity index (χ4v) is 1.56. The molecule has 0 saturated carbocycles. The van der Waals surface area contributed by atoms with Gasteiger partial charge in [0, 0.05) is 0 Å². The maximum absolute atomic E-state index is 9.93. The number of aryl methyl sites for hydroxylation is 1. The van der Waals surface area contributed by atoms with Crippen LogP contribution in [0.5, 0.6) is 0 Å². The van der Waals surface area contributed by atoms with Crippen molar-refractivity contribution in [2.75, 3.05) is 6.61 Å². The van der Waals surface area contributed by atoms with Crippen LogP contribution >= 0.6 is 8.69 Å². The molecule has 14 heavy (non-hydrogen) atoms. The normalized spacial score (nSPS) is 10.6. The molecule has 0 heterocycles. The summed E-state index contributed by atoms with van der Waals surface area (Å²) in [4.78, 5) is 0. The van der Waals surface area contributed by atoms with Crippen LogP contribution in [0, 0.1) is 0 Å². The van der Waals surface area contributed by atoms with Crippen molar-refractivity contribution in [3.8, 4) is 0 Å². The number of hydrogen-bond donors (Lipinski definition) is 0. The van der Waals surface area contributed by atoms with Crippen LogP contribution in [0.3, 0.4) is 0 Å². The quantitative estimate of drug-likeness (QED) is 0.507. The van der Waals surface area contributed by atoms with E-state index in [1.807, 2.05) is 6.07 Å². The van der Waals surface area contributed by atoms with Gasteiger partial charge < -0.3 is 0 Å². The van der Waals surface area contributed by atoms with Crippen molar-refractivity contribution in [2.24, 2.45) is 0 Å². The van der Waals surface area contributed by atoms with Gasteiger partial charge in [0.15, 0.2) is 0 Å². The summed E-state index contributed by atoms with van der Waals surface area (Å²) in [5, 5.41) is 0. The smallest absolute Gasteiger partial charge is 0.294 e. The van der Waals surface area contributed by atoms with Gasteiger partial charge in [0.2, 0.25) is 0 Å². The van der Waals surface area contributed by atoms with Crippen molar-refractivity contribution in [3.63, 3.8) is 0 Å². The van der Waals surface area contributed by atoms with Crippen molar-refractivity contribution in [1.82, 2.24) is 0 Å². The maximum atomic E-state index is 9.93. The van der Waals surface area contributed by atoms with E-state index in [1.165, 1.54) is 12.0 Å². The Kier molecular flexibility index (Phi) is 6.21. The molecule has 0 N–H and O–H groups in total. The molecule has 0 atom stereocenters. The van der Waals surface area contributed by atoms with Crippen LogP contribution in [-0.4, -0.2) is 6.61 Å². The van der Waals surface area contributed by atoms with E-state index in [1.54, 1.807) is 0 Å². The zero-order chi connectivity index (χ0) is 10.1. The van der Waals surface area contributed by atoms with Crippen LogP contribution in [0.25, 0.3) is 0 Å². The zero-order valence-electron chi connectivity index (χ0n) is 8.19. The first kappa shape index (κ1) is 11.4. The van der Waals surface area contributed by atoms with Gasteiger partial charge >= 0.3 is 8.69 Å². The van der Waals surface area contributed by atoms with Crippen LogP contribution in [0.15, 0.2) is 30.3 Å². The third-order valence-electron chi connectivity index (χ3n) is 2.10. The molecule has 0 aliphatic rings. The maximum Gasteiger partial charge on any atom is 0.327 e. The van der Waals surface area contributed by atoms with Crippen LogP contribution < -0.4 is 0 Å². The number of hydrogen-bond acceptors (Lipinski definition) is 2. The summed E-state index contributed by atoms with van der Waals surface area (Å²) in [6, 6.07) is 10.5. The lowest BCUT2D eigenvalue weighted by molar-refractivity contribution is 0.329. The Hall–Kier alpha value is -0.720. The summed E-state index contributed by atoms with van der Waals surface area (Å²) >= 11 is 0. The Balaban J connectivity index is 2.02. The lowest BCUT2D eigenvalue weighted by atomic mass is 10.1. The van der Waals surface area contributed by atoms with Gasteiger partial charge in [0.05, 0.1) is 6.61 Å². The molecule has 0 amide bonds. The molecule has 0 aliphatic heterocycles. The molecule has 0 bridgehead atoms. The first-order valence-corrected chi connectivity index (χ1v) is 5.65. The van der Waals surface area contributed by atoms with Gasteiger partial charge in [-0.3, -0.25) is 4.52 Å². The SMILES string of the molecule is O=POCCCCCc1ccccc1. The Morgan fingerprint density at radius 3 is 2.57 bits per heavy atom. The molecule has 0 saturated heterocycles. The third-order valence-corrected chi connectivity index (χ3v) is 2.38. The summed E-state index contributed by atoms with van der Waals surface area (Å²) in [6.45, 7) is 0.597. The van der Waals surface area contributed by atoms with E-state index in [4.69, 9.17) is 4.52 Å². The lowest BCUT2D eigenvalue weighted by Crippen LogP contribution is -1.88. The fourth-order valence-electron chi connectivity index (χ4n) is 1.35. The van der Waals surface area contributed by atoms with Gasteiger partial charge in [-0.2, -0.15) is 0 Å². The number of rotatable bonds is 7. The minimum Gasteiger partial charge on any atom is -0.294 e. The van der Waals surface area contributed by atoms with E-state index in [0.717, 1.165) is 19.3 Å². The van der Waals surface area contributed by atoms with Gasteiger partial charge in [-0.05, 0) is 24.8 Å². The van der Waals surface area contributed by atoms with Crippen LogP contribution in [0.1, 0.15) is 24.8 Å². The molecule has 1 aromatic carbocycles. The highest BCUT2D eigenvalue weighted by molar-refractivity contribution is 7.17. The monoisotopic (exact) mass is 210 g/mol. The predicted molar refractivity (Wildman–Crippen MR) is 57.6 cm³/mol. The van der Waals surface area contributed by atoms with Crippen LogP contribution in [0.2, 0.25) is 0 Å². The highest BCUT2D eigenvalue weighted by atomic mass is 31.1. The molecule has 0 fully saturated rings. The minimum absolute atomic E-state index is 0.201. The largest absolute Gasteiger partial charge is 0.327 e. The van der Waals surface area contributed by atoms with Gasteiger partial charge in [0.1, 0.15) is 0 Å². The first-order valence-electron chi connectivity index (χ1n) is 4.92. The summed E-state index contributed by atoms with van der Waals surface area (Å²) in [5.74, 6) is 0. The molecular weight excluding hydrogens is 195 g/mol.